The maximum Gasteiger partial charge on any atom is 0.106 e. The van der Waals surface area contributed by atoms with Crippen LogP contribution in [-0.4, -0.2) is 223 Å². The highest BCUT2D eigenvalue weighted by atomic mass is 32.1. The van der Waals surface area contributed by atoms with Crippen molar-refractivity contribution in [2.75, 3.05) is 104 Å². The summed E-state index contributed by atoms with van der Waals surface area (Å²) < 4.78 is 20.8. The number of epoxide rings is 2. The molecule has 0 aromatic heterocycles. The molecular weight excluding hydrogens is 1710 g/mol. The number of nitrogens with one attached hydrogen (secondary N) is 4. The molecule has 12 N–H and O–H groups in total. The Balaban J connectivity index is -0.0000000280. The fraction of sp³-hybridized carbons (Fsp3) is 0.646. The van der Waals surface area contributed by atoms with Crippen molar-refractivity contribution in [3.05, 3.63) is 166 Å². The Morgan fingerprint density at radius 2 is 0.573 bits per heavy atom. The molecule has 0 amide bonds. The summed E-state index contributed by atoms with van der Waals surface area (Å²) in [5, 5.41) is 12.9. The highest BCUT2D eigenvalue weighted by Gasteiger charge is 2.22. The fourth-order valence-electron chi connectivity index (χ4n) is 6.20. The fourth-order valence-corrected chi connectivity index (χ4v) is 13.4. The van der Waals surface area contributed by atoms with E-state index in [-0.39, 0.29) is 134 Å². The minimum atomic E-state index is -1.01. The van der Waals surface area contributed by atoms with Gasteiger partial charge in [0, 0.05) is 64.1 Å². The maximum absolute atomic E-state index is 8.00. The molecule has 0 aliphatic carbocycles. The first-order chi connectivity index (χ1) is 49.9. The molecule has 2 aromatic rings. The van der Waals surface area contributed by atoms with E-state index in [1.807, 2.05) is 47.7 Å². The minimum absolute atomic E-state index is 0. The minimum Gasteiger partial charge on any atom is -0.375 e. The van der Waals surface area contributed by atoms with Gasteiger partial charge in [-0.1, -0.05) is 435 Å². The van der Waals surface area contributed by atoms with Gasteiger partial charge in [0.1, 0.15) is 52.9 Å². The van der Waals surface area contributed by atoms with Gasteiger partial charge in [-0.05, 0) is 24.7 Å². The van der Waals surface area contributed by atoms with Crippen LogP contribution in [0, 0.1) is 0 Å². The third kappa shape index (κ3) is 265. The van der Waals surface area contributed by atoms with Crippen molar-refractivity contribution in [2.24, 2.45) is 22.9 Å². The number of thiol groups is 2. The molecular formula is C96H236N8O10S2Si8. The predicted octanol–water partition coefficient (Wildman–Crippen LogP) is 25.2. The van der Waals surface area contributed by atoms with E-state index in [0.717, 1.165) is 97.0 Å². The van der Waals surface area contributed by atoms with E-state index in [2.05, 4.69) is 352 Å². The Kier molecular flexibility index (Phi) is 270. The third-order valence-electron chi connectivity index (χ3n) is 11.1. The number of hydrogen-bond acceptors (Lipinski definition) is 20. The van der Waals surface area contributed by atoms with Crippen molar-refractivity contribution in [2.45, 2.75) is 316 Å². The topological polar surface area (TPSA) is 298 Å². The van der Waals surface area contributed by atoms with Crippen molar-refractivity contribution in [1.29, 1.82) is 0 Å². The van der Waals surface area contributed by atoms with Crippen LogP contribution in [0.4, 0.5) is 0 Å². The quantitative estimate of drug-likeness (QED) is 0.0104. The number of benzene rings is 2. The summed E-state index contributed by atoms with van der Waals surface area (Å²) in [5.41, 5.74) is 41.2. The number of rotatable bonds is 33. The zero-order valence-electron chi connectivity index (χ0n) is 71.6. The van der Waals surface area contributed by atoms with Crippen LogP contribution in [0.15, 0.2) is 155 Å². The summed E-state index contributed by atoms with van der Waals surface area (Å²) in [5.74, 6) is 1.79. The summed E-state index contributed by atoms with van der Waals surface area (Å²) in [4.78, 5) is 48.0. The first-order valence-corrected chi connectivity index (χ1v) is 64.6. The average Bonchev–Trinajstić information content (AvgIpc) is 1.78. The number of ether oxygens (including phenoxy) is 4. The standard InChI is InChI=1S/2C13H21NSi.2C9H18O2Si.2C7H18N2Si.C6H14SSi.C5H12SSi.C2H7N.CH5N.6CH2O.18CH4/c2*1-15(2,3)11-7-10-14-12-13-8-5-4-6-9-13;2*1-12(2,3)6-4-5-10-7-9-8-11-9;2*1-10(2,3)6-4-5-9-7-8;1-3-8(2)6-4-5-7;1-7(2)5-3-4-6;1-2-3;7*1-2;;;;;;;;;;;;;;;;;;/h2*4-9,11,14H,10,12H2,1-3H3;2*4,6,9H,5,7-8H2,1-3H3;2*4,6,9H,5,7-8H2,1-3H3;4,6-8H,3,5H2,1-2H3;3,5-7H,4H2,1-2H3;2-3H2,1H3;2H2,1H3;6*1H2;18*1H4. The smallest absolute Gasteiger partial charge is 0.106 e. The van der Waals surface area contributed by atoms with Crippen LogP contribution >= 0.6 is 25.3 Å². The second-order valence-corrected chi connectivity index (χ2v) is 66.6. The lowest BCUT2D eigenvalue weighted by atomic mass is 10.2. The van der Waals surface area contributed by atoms with Crippen molar-refractivity contribution >= 4 is 132 Å². The Hall–Kier alpha value is -3.66. The Morgan fingerprint density at radius 1 is 0.371 bits per heavy atom. The van der Waals surface area contributed by atoms with Crippen LogP contribution in [0.2, 0.25) is 144 Å². The lowest BCUT2D eigenvalue weighted by Crippen LogP contribution is -2.23. The Bertz CT molecular complexity index is 2140. The molecule has 0 bridgehead atoms. The van der Waals surface area contributed by atoms with Crippen molar-refractivity contribution in [3.8, 4) is 0 Å². The highest BCUT2D eigenvalue weighted by Crippen LogP contribution is 2.10. The molecule has 2 aromatic carbocycles. The van der Waals surface area contributed by atoms with E-state index in [1.165, 1.54) is 24.2 Å². The van der Waals surface area contributed by atoms with Crippen LogP contribution in [-0.2, 0) is 60.8 Å². The van der Waals surface area contributed by atoms with Gasteiger partial charge in [-0.15, -0.1) is 11.4 Å². The highest BCUT2D eigenvalue weighted by molar-refractivity contribution is 7.80. The van der Waals surface area contributed by atoms with Gasteiger partial charge in [-0.3, -0.25) is 0 Å². The molecule has 2 heterocycles. The molecule has 2 aliphatic rings. The molecule has 4 rings (SSSR count). The largest absolute Gasteiger partial charge is 0.375 e. The molecule has 28 heteroatoms. The van der Waals surface area contributed by atoms with Gasteiger partial charge in [-0.25, -0.2) is 0 Å². The Labute approximate surface area is 804 Å². The molecule has 2 aliphatic heterocycles. The number of carbonyl (C=O) groups excluding carboxylic acids is 6. The van der Waals surface area contributed by atoms with Crippen LogP contribution in [0.1, 0.15) is 159 Å². The van der Waals surface area contributed by atoms with Crippen molar-refractivity contribution in [3.63, 3.8) is 0 Å². The normalized spacial score (nSPS) is 11.5. The van der Waals surface area contributed by atoms with Crippen LogP contribution in [0.5, 0.6) is 0 Å². The molecule has 0 spiro atoms. The van der Waals surface area contributed by atoms with Gasteiger partial charge >= 0.3 is 0 Å². The van der Waals surface area contributed by atoms with E-state index in [1.54, 1.807) is 0 Å². The SMILES string of the molecule is C.C.C.C.C.C.C.C.C.C.C.C.C.C.C.C.C.C.C=O.C=O.C=O.C=O.C=O.C=O.CCN.CC[SiH](C)C=CCS.CN.C[SiH](C)C=CCS.C[Si](C)(C)C=CCNCN.C[Si](C)(C)C=CCNCN.C[Si](C)(C)C=CCNCc1ccccc1.C[Si](C)(C)C=CCNCc1ccccc1.C[Si](C)(C)C=CCOCC1CO1.C[Si](C)(C)C=CCOCC1CO1. The molecule has 0 radical (unpaired) electrons. The van der Waals surface area contributed by atoms with Gasteiger partial charge < -0.3 is 91.9 Å². The van der Waals surface area contributed by atoms with Gasteiger partial charge in [0.05, 0.1) is 106 Å². The average molecular weight is 1950 g/mol. The predicted molar refractivity (Wildman–Crippen MR) is 624 cm³/mol. The Morgan fingerprint density at radius 3 is 0.742 bits per heavy atom. The van der Waals surface area contributed by atoms with Crippen LogP contribution in [0.3, 0.4) is 0 Å². The second-order valence-electron chi connectivity index (χ2n) is 29.4. The molecule has 124 heavy (non-hydrogen) atoms. The summed E-state index contributed by atoms with van der Waals surface area (Å²) >= 11 is 8.10. The summed E-state index contributed by atoms with van der Waals surface area (Å²) in [7, 11) is -5.32. The maximum atomic E-state index is 8.00. The number of hydrogen-bond donors (Lipinski definition) is 10. The first-order valence-electron chi connectivity index (χ1n) is 36.2. The number of carbonyl (C=O) groups is 6. The van der Waals surface area contributed by atoms with Gasteiger partial charge in [-0.2, -0.15) is 25.3 Å². The molecule has 2 fully saturated rings. The zero-order chi connectivity index (χ0) is 85.2. The van der Waals surface area contributed by atoms with Gasteiger partial charge in [0.15, 0.2) is 0 Å². The van der Waals surface area contributed by atoms with E-state index >= 15 is 0 Å². The van der Waals surface area contributed by atoms with Gasteiger partial charge in [0.25, 0.3) is 0 Å². The zero-order valence-corrected chi connectivity index (χ0v) is 81.7. The summed E-state index contributed by atoms with van der Waals surface area (Å²) in [6, 6.07) is 22.4. The molecule has 2 saturated heterocycles. The molecule has 0 saturated carbocycles. The summed E-state index contributed by atoms with van der Waals surface area (Å²) in [6.07, 6.45) is 18.2. The van der Waals surface area contributed by atoms with E-state index in [9.17, 15) is 0 Å². The van der Waals surface area contributed by atoms with Crippen LogP contribution in [0.25, 0.3) is 0 Å². The monoisotopic (exact) mass is 1950 g/mol. The molecule has 764 valence electrons. The van der Waals surface area contributed by atoms with Crippen molar-refractivity contribution < 1.29 is 47.7 Å². The van der Waals surface area contributed by atoms with Crippen molar-refractivity contribution in [1.82, 2.24) is 21.3 Å². The first kappa shape index (κ1) is 210. The number of nitrogens with two attached hydrogens (primary N) is 4. The van der Waals surface area contributed by atoms with E-state index < -0.39 is 66.0 Å². The lowest BCUT2D eigenvalue weighted by molar-refractivity contribution is -0.0987. The second kappa shape index (κ2) is 160. The lowest BCUT2D eigenvalue weighted by Gasteiger charge is -2.08. The summed E-state index contributed by atoms with van der Waals surface area (Å²) in [6.45, 7) is 77.2. The molecule has 18 nitrogen and oxygen atoms in total. The van der Waals surface area contributed by atoms with Gasteiger partial charge in [0.2, 0.25) is 0 Å². The van der Waals surface area contributed by atoms with Crippen LogP contribution < -0.4 is 44.2 Å². The van der Waals surface area contributed by atoms with E-state index in [4.69, 9.17) is 64.9 Å². The molecule has 3 atom stereocenters. The molecule has 3 unspecified atom stereocenters. The van der Waals surface area contributed by atoms with E-state index in [0.29, 0.717) is 25.5 Å². The third-order valence-corrected chi connectivity index (χ3v) is 22.2.